The van der Waals surface area contributed by atoms with Crippen LogP contribution in [0.15, 0.2) is 24.3 Å². The van der Waals surface area contributed by atoms with Crippen molar-refractivity contribution in [3.63, 3.8) is 0 Å². The molecule has 1 fully saturated rings. The number of hydrogen-bond donors (Lipinski definition) is 0. The van der Waals surface area contributed by atoms with Gasteiger partial charge in [0.25, 0.3) is 5.91 Å². The summed E-state index contributed by atoms with van der Waals surface area (Å²) in [5, 5.41) is 0. The minimum atomic E-state index is -4.59. The van der Waals surface area contributed by atoms with Crippen LogP contribution in [-0.2, 0) is 10.9 Å². The molecule has 0 unspecified atom stereocenters. The molecule has 5 nitrogen and oxygen atoms in total. The average Bonchev–Trinajstić information content (AvgIpc) is 2.84. The molecule has 8 heteroatoms. The molecular weight excluding hydrogens is 349 g/mol. The summed E-state index contributed by atoms with van der Waals surface area (Å²) < 4.78 is 44.6. The van der Waals surface area contributed by atoms with E-state index in [1.807, 2.05) is 13.8 Å². The third kappa shape index (κ3) is 5.12. The van der Waals surface area contributed by atoms with E-state index in [2.05, 4.69) is 0 Å². The highest BCUT2D eigenvalue weighted by atomic mass is 19.4. The summed E-state index contributed by atoms with van der Waals surface area (Å²) in [6.45, 7) is 5.25. The van der Waals surface area contributed by atoms with E-state index in [0.29, 0.717) is 26.1 Å². The van der Waals surface area contributed by atoms with E-state index in [1.165, 1.54) is 28.0 Å². The molecular formula is C18H23F3N2O3. The quantitative estimate of drug-likeness (QED) is 0.814. The van der Waals surface area contributed by atoms with Crippen molar-refractivity contribution in [3.05, 3.63) is 35.4 Å². The van der Waals surface area contributed by atoms with Gasteiger partial charge in [0.15, 0.2) is 0 Å². The van der Waals surface area contributed by atoms with Crippen LogP contribution in [-0.4, -0.2) is 54.6 Å². The van der Waals surface area contributed by atoms with E-state index >= 15 is 0 Å². The first-order valence-corrected chi connectivity index (χ1v) is 8.57. The molecule has 0 aromatic heterocycles. The Labute approximate surface area is 150 Å². The van der Waals surface area contributed by atoms with Gasteiger partial charge in [-0.2, -0.15) is 13.2 Å². The van der Waals surface area contributed by atoms with Gasteiger partial charge in [0.2, 0.25) is 0 Å². The molecule has 0 bridgehead atoms. The number of carbonyl (C=O) groups is 2. The fraction of sp³-hybridized carbons (Fsp3) is 0.556. The van der Waals surface area contributed by atoms with Crippen molar-refractivity contribution in [2.75, 3.05) is 32.8 Å². The lowest BCUT2D eigenvalue weighted by Crippen LogP contribution is -2.38. The third-order valence-corrected chi connectivity index (χ3v) is 4.04. The minimum absolute atomic E-state index is 0.168. The van der Waals surface area contributed by atoms with Gasteiger partial charge in [0.05, 0.1) is 17.7 Å². The van der Waals surface area contributed by atoms with Gasteiger partial charge in [0.1, 0.15) is 0 Å². The maximum absolute atomic E-state index is 13.1. The zero-order valence-corrected chi connectivity index (χ0v) is 14.9. The number of ether oxygens (including phenoxy) is 1. The van der Waals surface area contributed by atoms with Crippen LogP contribution in [0, 0.1) is 5.92 Å². The Balaban J connectivity index is 2.05. The highest BCUT2D eigenvalue weighted by molar-refractivity contribution is 5.96. The van der Waals surface area contributed by atoms with E-state index in [0.717, 1.165) is 6.07 Å². The van der Waals surface area contributed by atoms with Crippen LogP contribution in [0.3, 0.4) is 0 Å². The second-order valence-electron chi connectivity index (χ2n) is 6.65. The molecule has 1 heterocycles. The number of hydrogen-bond acceptors (Lipinski definition) is 3. The Morgan fingerprint density at radius 1 is 1.08 bits per heavy atom. The first kappa shape index (κ1) is 20.1. The van der Waals surface area contributed by atoms with E-state index in [9.17, 15) is 22.8 Å². The Bertz CT molecular complexity index is 647. The lowest BCUT2D eigenvalue weighted by Gasteiger charge is -2.23. The van der Waals surface area contributed by atoms with E-state index < -0.39 is 23.7 Å². The van der Waals surface area contributed by atoms with Crippen molar-refractivity contribution < 1.29 is 27.5 Å². The van der Waals surface area contributed by atoms with Gasteiger partial charge >= 0.3 is 12.3 Å². The number of carbonyl (C=O) groups excluding carboxylic acids is 2. The lowest BCUT2D eigenvalue weighted by atomic mass is 10.1. The number of halogens is 3. The second-order valence-corrected chi connectivity index (χ2v) is 6.65. The smallest absolute Gasteiger partial charge is 0.417 e. The molecule has 1 saturated heterocycles. The predicted octanol–water partition coefficient (Wildman–Crippen LogP) is 3.65. The maximum atomic E-state index is 13.1. The van der Waals surface area contributed by atoms with Gasteiger partial charge in [0, 0.05) is 26.2 Å². The van der Waals surface area contributed by atoms with Gasteiger partial charge in [-0.3, -0.25) is 4.79 Å². The van der Waals surface area contributed by atoms with Crippen LogP contribution in [0.4, 0.5) is 18.0 Å². The summed E-state index contributed by atoms with van der Waals surface area (Å²) in [5.74, 6) is -0.460. The normalized spacial score (nSPS) is 15.8. The van der Waals surface area contributed by atoms with Crippen molar-refractivity contribution in [3.8, 4) is 0 Å². The van der Waals surface area contributed by atoms with E-state index in [-0.39, 0.29) is 24.6 Å². The fourth-order valence-corrected chi connectivity index (χ4v) is 2.72. The van der Waals surface area contributed by atoms with E-state index in [1.54, 1.807) is 0 Å². The largest absolute Gasteiger partial charge is 0.449 e. The van der Waals surface area contributed by atoms with Crippen molar-refractivity contribution in [1.82, 2.24) is 9.80 Å². The van der Waals surface area contributed by atoms with Gasteiger partial charge in [-0.25, -0.2) is 4.79 Å². The highest BCUT2D eigenvalue weighted by Gasteiger charge is 2.36. The number of benzene rings is 1. The second kappa shape index (κ2) is 8.42. The molecule has 0 N–H and O–H groups in total. The Morgan fingerprint density at radius 2 is 1.69 bits per heavy atom. The first-order valence-electron chi connectivity index (χ1n) is 8.57. The molecule has 0 atom stereocenters. The molecule has 2 rings (SSSR count). The maximum Gasteiger partial charge on any atom is 0.417 e. The zero-order valence-electron chi connectivity index (χ0n) is 14.9. The molecule has 0 aliphatic carbocycles. The molecule has 0 radical (unpaired) electrons. The molecule has 1 aromatic rings. The summed E-state index contributed by atoms with van der Waals surface area (Å²) >= 11 is 0. The molecule has 1 aromatic carbocycles. The third-order valence-electron chi connectivity index (χ3n) is 4.04. The first-order chi connectivity index (χ1) is 12.2. The monoisotopic (exact) mass is 372 g/mol. The number of rotatable bonds is 3. The number of amides is 2. The SMILES string of the molecule is CC(C)COC(=O)N1CCCN(C(=O)c2ccccc2C(F)(F)F)CC1. The number of nitrogens with zero attached hydrogens (tertiary/aromatic N) is 2. The van der Waals surface area contributed by atoms with Gasteiger partial charge in [-0.05, 0) is 24.5 Å². The van der Waals surface area contributed by atoms with Crippen molar-refractivity contribution in [1.29, 1.82) is 0 Å². The lowest BCUT2D eigenvalue weighted by molar-refractivity contribution is -0.138. The van der Waals surface area contributed by atoms with Gasteiger partial charge in [-0.1, -0.05) is 26.0 Å². The van der Waals surface area contributed by atoms with Crippen LogP contribution < -0.4 is 0 Å². The average molecular weight is 372 g/mol. The topological polar surface area (TPSA) is 49.9 Å². The van der Waals surface area contributed by atoms with Crippen molar-refractivity contribution >= 4 is 12.0 Å². The van der Waals surface area contributed by atoms with E-state index in [4.69, 9.17) is 4.74 Å². The minimum Gasteiger partial charge on any atom is -0.449 e. The standard InChI is InChI=1S/C18H23F3N2O3/c1-13(2)12-26-17(25)23-9-5-8-22(10-11-23)16(24)14-6-3-4-7-15(14)18(19,20)21/h3-4,6-7,13H,5,8-12H2,1-2H3. The molecule has 0 saturated carbocycles. The van der Waals surface area contributed by atoms with Gasteiger partial charge < -0.3 is 14.5 Å². The number of alkyl halides is 3. The molecule has 1 aliphatic heterocycles. The van der Waals surface area contributed by atoms with Crippen molar-refractivity contribution in [2.24, 2.45) is 5.92 Å². The molecule has 2 amide bonds. The van der Waals surface area contributed by atoms with Crippen LogP contribution in [0.1, 0.15) is 36.2 Å². The summed E-state index contributed by atoms with van der Waals surface area (Å²) in [7, 11) is 0. The summed E-state index contributed by atoms with van der Waals surface area (Å²) in [6.07, 6.45) is -4.56. The van der Waals surface area contributed by atoms with Gasteiger partial charge in [-0.15, -0.1) is 0 Å². The van der Waals surface area contributed by atoms with Crippen LogP contribution in [0.5, 0.6) is 0 Å². The molecule has 1 aliphatic rings. The van der Waals surface area contributed by atoms with Crippen molar-refractivity contribution in [2.45, 2.75) is 26.4 Å². The summed E-state index contributed by atoms with van der Waals surface area (Å²) in [5.41, 5.74) is -1.31. The zero-order chi connectivity index (χ0) is 19.3. The molecule has 26 heavy (non-hydrogen) atoms. The Kier molecular flexibility index (Phi) is 6.50. The Hall–Kier alpha value is -2.25. The summed E-state index contributed by atoms with van der Waals surface area (Å²) in [4.78, 5) is 27.5. The van der Waals surface area contributed by atoms with Crippen LogP contribution in [0.25, 0.3) is 0 Å². The summed E-state index contributed by atoms with van der Waals surface area (Å²) in [6, 6.07) is 4.76. The molecule has 144 valence electrons. The van der Waals surface area contributed by atoms with Crippen LogP contribution >= 0.6 is 0 Å². The predicted molar refractivity (Wildman–Crippen MR) is 89.7 cm³/mol. The van der Waals surface area contributed by atoms with Crippen LogP contribution in [0.2, 0.25) is 0 Å². The molecule has 0 spiro atoms. The fourth-order valence-electron chi connectivity index (χ4n) is 2.72. The Morgan fingerprint density at radius 3 is 2.35 bits per heavy atom. The highest BCUT2D eigenvalue weighted by Crippen LogP contribution is 2.32.